The minimum Gasteiger partial charge on any atom is -0.354 e. The number of nitrogens with zero attached hydrogens (tertiary/aromatic N) is 2. The van der Waals surface area contributed by atoms with Crippen LogP contribution in [0.2, 0.25) is 0 Å². The smallest absolute Gasteiger partial charge is 0.245 e. The second-order valence-electron chi connectivity index (χ2n) is 6.31. The standard InChI is InChI=1S/C22H19N3O/c1-25-12-6-9-18(25)14-22(26)24-23-15-21-19-10-4-2-7-16(19)13-17-8-3-5-11-20(17)21/h2-13,15H,14H2,1H3,(H,24,26)/b23-15+. The fourth-order valence-corrected chi connectivity index (χ4v) is 3.24. The molecule has 0 saturated carbocycles. The van der Waals surface area contributed by atoms with Gasteiger partial charge in [-0.1, -0.05) is 48.5 Å². The first-order valence-corrected chi connectivity index (χ1v) is 8.55. The zero-order valence-electron chi connectivity index (χ0n) is 14.5. The highest BCUT2D eigenvalue weighted by atomic mass is 16.2. The maximum atomic E-state index is 12.1. The van der Waals surface area contributed by atoms with Gasteiger partial charge in [0.25, 0.3) is 0 Å². The van der Waals surface area contributed by atoms with Crippen molar-refractivity contribution in [2.24, 2.45) is 12.1 Å². The van der Waals surface area contributed by atoms with Crippen molar-refractivity contribution in [1.29, 1.82) is 0 Å². The number of rotatable bonds is 4. The van der Waals surface area contributed by atoms with Gasteiger partial charge in [0.2, 0.25) is 5.91 Å². The molecule has 0 fully saturated rings. The molecule has 0 saturated heterocycles. The molecule has 1 heterocycles. The van der Waals surface area contributed by atoms with Crippen molar-refractivity contribution in [2.45, 2.75) is 6.42 Å². The summed E-state index contributed by atoms with van der Waals surface area (Å²) in [7, 11) is 1.92. The van der Waals surface area contributed by atoms with Gasteiger partial charge in [-0.3, -0.25) is 4.79 Å². The van der Waals surface area contributed by atoms with Gasteiger partial charge in [0.15, 0.2) is 0 Å². The fourth-order valence-electron chi connectivity index (χ4n) is 3.24. The number of nitrogens with one attached hydrogen (secondary N) is 1. The van der Waals surface area contributed by atoms with Gasteiger partial charge >= 0.3 is 0 Å². The van der Waals surface area contributed by atoms with Crippen LogP contribution in [0.3, 0.4) is 0 Å². The molecule has 1 N–H and O–H groups in total. The number of hydrazone groups is 1. The predicted octanol–water partition coefficient (Wildman–Crippen LogP) is 4.02. The quantitative estimate of drug-likeness (QED) is 0.340. The molecule has 1 amide bonds. The van der Waals surface area contributed by atoms with Crippen LogP contribution in [0.25, 0.3) is 21.5 Å². The lowest BCUT2D eigenvalue weighted by Gasteiger charge is -2.08. The number of hydrogen-bond donors (Lipinski definition) is 1. The summed E-state index contributed by atoms with van der Waals surface area (Å²) in [6.07, 6.45) is 3.97. The lowest BCUT2D eigenvalue weighted by Crippen LogP contribution is -2.20. The van der Waals surface area contributed by atoms with Gasteiger partial charge < -0.3 is 4.57 Å². The molecule has 4 heteroatoms. The molecule has 0 bridgehead atoms. The Bertz CT molecular complexity index is 1070. The predicted molar refractivity (Wildman–Crippen MR) is 106 cm³/mol. The van der Waals surface area contributed by atoms with E-state index in [0.29, 0.717) is 6.42 Å². The number of carbonyl (C=O) groups is 1. The van der Waals surface area contributed by atoms with Crippen LogP contribution in [0.5, 0.6) is 0 Å². The molecule has 0 radical (unpaired) electrons. The lowest BCUT2D eigenvalue weighted by atomic mass is 9.97. The first kappa shape index (κ1) is 16.1. The van der Waals surface area contributed by atoms with Crippen molar-refractivity contribution < 1.29 is 4.79 Å². The molecule has 4 aromatic rings. The van der Waals surface area contributed by atoms with E-state index in [4.69, 9.17) is 0 Å². The first-order valence-electron chi connectivity index (χ1n) is 8.55. The molecular formula is C22H19N3O. The van der Waals surface area contributed by atoms with Crippen LogP contribution in [0.15, 0.2) is 78.0 Å². The van der Waals surface area contributed by atoms with Gasteiger partial charge in [-0.25, -0.2) is 5.43 Å². The molecule has 3 aromatic carbocycles. The van der Waals surface area contributed by atoms with Crippen LogP contribution >= 0.6 is 0 Å². The third kappa shape index (κ3) is 3.09. The van der Waals surface area contributed by atoms with E-state index in [1.807, 2.05) is 54.2 Å². The maximum Gasteiger partial charge on any atom is 0.245 e. The van der Waals surface area contributed by atoms with E-state index in [1.165, 1.54) is 0 Å². The Morgan fingerprint density at radius 1 is 1.00 bits per heavy atom. The summed E-state index contributed by atoms with van der Waals surface area (Å²) in [4.78, 5) is 12.1. The van der Waals surface area contributed by atoms with Crippen molar-refractivity contribution in [3.8, 4) is 0 Å². The van der Waals surface area contributed by atoms with Gasteiger partial charge in [0.1, 0.15) is 0 Å². The number of hydrogen-bond acceptors (Lipinski definition) is 2. The third-order valence-electron chi connectivity index (χ3n) is 4.59. The molecule has 0 spiro atoms. The van der Waals surface area contributed by atoms with Crippen LogP contribution in [0.1, 0.15) is 11.3 Å². The molecule has 0 aliphatic carbocycles. The Hall–Kier alpha value is -3.40. The Kier molecular flexibility index (Phi) is 4.23. The topological polar surface area (TPSA) is 46.4 Å². The van der Waals surface area contributed by atoms with E-state index in [0.717, 1.165) is 32.8 Å². The maximum absolute atomic E-state index is 12.1. The SMILES string of the molecule is Cn1cccc1CC(=O)N/N=C/c1c2ccccc2cc2ccccc12. The number of fused-ring (bicyclic) bond motifs is 2. The fraction of sp³-hybridized carbons (Fsp3) is 0.0909. The number of aromatic nitrogens is 1. The number of benzene rings is 3. The van der Waals surface area contributed by atoms with Crippen molar-refractivity contribution in [1.82, 2.24) is 9.99 Å². The average Bonchev–Trinajstić information content (AvgIpc) is 3.05. The summed E-state index contributed by atoms with van der Waals surface area (Å²) < 4.78 is 1.93. The third-order valence-corrected chi connectivity index (χ3v) is 4.59. The van der Waals surface area contributed by atoms with Crippen molar-refractivity contribution in [2.75, 3.05) is 0 Å². The van der Waals surface area contributed by atoms with Crippen molar-refractivity contribution >= 4 is 33.7 Å². The number of amides is 1. The highest BCUT2D eigenvalue weighted by Gasteiger charge is 2.07. The molecule has 0 unspecified atom stereocenters. The van der Waals surface area contributed by atoms with Gasteiger partial charge in [0.05, 0.1) is 12.6 Å². The second-order valence-corrected chi connectivity index (χ2v) is 6.31. The first-order chi connectivity index (χ1) is 12.7. The van der Waals surface area contributed by atoms with E-state index in [-0.39, 0.29) is 5.91 Å². The monoisotopic (exact) mass is 341 g/mol. The van der Waals surface area contributed by atoms with Gasteiger partial charge in [0, 0.05) is 24.5 Å². The van der Waals surface area contributed by atoms with Crippen LogP contribution in [-0.2, 0) is 18.3 Å². The summed E-state index contributed by atoms with van der Waals surface area (Å²) in [5, 5.41) is 8.76. The van der Waals surface area contributed by atoms with Crippen LogP contribution in [0.4, 0.5) is 0 Å². The Balaban J connectivity index is 1.64. The zero-order chi connectivity index (χ0) is 17.9. The highest BCUT2D eigenvalue weighted by molar-refractivity contribution is 6.13. The minimum absolute atomic E-state index is 0.132. The van der Waals surface area contributed by atoms with E-state index in [2.05, 4.69) is 40.9 Å². The molecule has 0 atom stereocenters. The van der Waals surface area contributed by atoms with E-state index in [1.54, 1.807) is 6.21 Å². The highest BCUT2D eigenvalue weighted by Crippen LogP contribution is 2.27. The zero-order valence-corrected chi connectivity index (χ0v) is 14.5. The largest absolute Gasteiger partial charge is 0.354 e. The summed E-state index contributed by atoms with van der Waals surface area (Å²) >= 11 is 0. The molecule has 1 aromatic heterocycles. The van der Waals surface area contributed by atoms with E-state index in [9.17, 15) is 4.79 Å². The number of aryl methyl sites for hydroxylation is 1. The van der Waals surface area contributed by atoms with Crippen LogP contribution in [0, 0.1) is 0 Å². The Morgan fingerprint density at radius 3 is 2.27 bits per heavy atom. The lowest BCUT2D eigenvalue weighted by molar-refractivity contribution is -0.120. The summed E-state index contributed by atoms with van der Waals surface area (Å²) in [5.74, 6) is -0.132. The van der Waals surface area contributed by atoms with Gasteiger partial charge in [-0.05, 0) is 39.7 Å². The van der Waals surface area contributed by atoms with E-state index >= 15 is 0 Å². The molecule has 4 nitrogen and oxygen atoms in total. The summed E-state index contributed by atoms with van der Waals surface area (Å²) in [5.41, 5.74) is 4.61. The van der Waals surface area contributed by atoms with Crippen molar-refractivity contribution in [3.63, 3.8) is 0 Å². The van der Waals surface area contributed by atoms with Crippen LogP contribution in [-0.4, -0.2) is 16.7 Å². The molecule has 4 rings (SSSR count). The molecule has 128 valence electrons. The minimum atomic E-state index is -0.132. The molecule has 26 heavy (non-hydrogen) atoms. The number of carbonyl (C=O) groups excluding carboxylic acids is 1. The van der Waals surface area contributed by atoms with Gasteiger partial charge in [-0.15, -0.1) is 0 Å². The molecule has 0 aliphatic heterocycles. The average molecular weight is 341 g/mol. The second kappa shape index (κ2) is 6.84. The van der Waals surface area contributed by atoms with Crippen molar-refractivity contribution in [3.05, 3.63) is 84.2 Å². The molecular weight excluding hydrogens is 322 g/mol. The summed E-state index contributed by atoms with van der Waals surface area (Å²) in [6, 6.07) is 22.5. The van der Waals surface area contributed by atoms with E-state index < -0.39 is 0 Å². The summed E-state index contributed by atoms with van der Waals surface area (Å²) in [6.45, 7) is 0. The van der Waals surface area contributed by atoms with Gasteiger partial charge in [-0.2, -0.15) is 5.10 Å². The normalized spacial score (nSPS) is 11.4. The van der Waals surface area contributed by atoms with Crippen LogP contribution < -0.4 is 5.43 Å². The molecule has 0 aliphatic rings. The Morgan fingerprint density at radius 2 is 1.65 bits per heavy atom. The Labute approximate surface area is 151 Å².